The van der Waals surface area contributed by atoms with E-state index in [0.717, 1.165) is 49.4 Å². The van der Waals surface area contributed by atoms with Crippen LogP contribution in [0.5, 0.6) is 0 Å². The minimum Gasteiger partial charge on any atom is -0.294 e. The Bertz CT molecular complexity index is 3130. The van der Waals surface area contributed by atoms with Crippen molar-refractivity contribution in [2.45, 2.75) is 0 Å². The fourth-order valence-electron chi connectivity index (χ4n) is 7.73. The molecule has 0 aliphatic heterocycles. The third-order valence-electron chi connectivity index (χ3n) is 9.95. The smallest absolute Gasteiger partial charge is 0.138 e. The number of benzene rings is 6. The predicted octanol–water partition coefficient (Wildman–Crippen LogP) is 12.3. The van der Waals surface area contributed by atoms with Crippen LogP contribution in [0.15, 0.2) is 152 Å². The summed E-state index contributed by atoms with van der Waals surface area (Å²) in [6.45, 7) is 0. The molecule has 222 valence electrons. The summed E-state index contributed by atoms with van der Waals surface area (Å²) in [7, 11) is 0. The van der Waals surface area contributed by atoms with Gasteiger partial charge in [-0.05, 0) is 76.1 Å². The van der Waals surface area contributed by atoms with Gasteiger partial charge in [-0.15, -0.1) is 11.3 Å². The number of pyridine rings is 2. The van der Waals surface area contributed by atoms with E-state index in [1.54, 1.807) is 0 Å². The van der Waals surface area contributed by atoms with Gasteiger partial charge < -0.3 is 0 Å². The third kappa shape index (κ3) is 3.69. The molecule has 8 bridgehead atoms. The predicted molar refractivity (Wildman–Crippen MR) is 206 cm³/mol. The van der Waals surface area contributed by atoms with Crippen LogP contribution in [0.3, 0.4) is 0 Å². The lowest BCUT2D eigenvalue weighted by atomic mass is 10.0. The van der Waals surface area contributed by atoms with E-state index in [1.165, 1.54) is 52.5 Å². The second-order valence-corrected chi connectivity index (χ2v) is 13.7. The Hall–Kier alpha value is -6.10. The van der Waals surface area contributed by atoms with Crippen LogP contribution in [-0.2, 0) is 0 Å². The summed E-state index contributed by atoms with van der Waals surface area (Å²) in [5.74, 6) is 0.882. The Morgan fingerprint density at radius 2 is 1.08 bits per heavy atom. The first-order chi connectivity index (χ1) is 23.8. The van der Waals surface area contributed by atoms with Gasteiger partial charge in [-0.1, -0.05) is 91.0 Å². The zero-order valence-corrected chi connectivity index (χ0v) is 26.5. The van der Waals surface area contributed by atoms with Crippen LogP contribution in [0.2, 0.25) is 0 Å². The van der Waals surface area contributed by atoms with Gasteiger partial charge in [0, 0.05) is 58.7 Å². The maximum Gasteiger partial charge on any atom is 0.138 e. The van der Waals surface area contributed by atoms with Crippen LogP contribution in [0.4, 0.5) is 0 Å². The van der Waals surface area contributed by atoms with E-state index >= 15 is 0 Å². The van der Waals surface area contributed by atoms with Crippen molar-refractivity contribution in [2.75, 3.05) is 0 Å². The first-order valence-corrected chi connectivity index (χ1v) is 17.0. The van der Waals surface area contributed by atoms with Gasteiger partial charge in [0.25, 0.3) is 0 Å². The number of thiophene rings is 1. The second kappa shape index (κ2) is 9.71. The van der Waals surface area contributed by atoms with Gasteiger partial charge in [-0.2, -0.15) is 0 Å². The average molecular weight is 628 g/mol. The lowest BCUT2D eigenvalue weighted by molar-refractivity contribution is 1.09. The highest BCUT2D eigenvalue weighted by Crippen LogP contribution is 2.40. The Morgan fingerprint density at radius 1 is 0.438 bits per heavy atom. The number of hydrogen-bond acceptors (Lipinski definition) is 3. The molecule has 0 spiro atoms. The molecule has 0 unspecified atom stereocenters. The maximum atomic E-state index is 5.54. The molecular weight excluding hydrogens is 603 g/mol. The number of hydrogen-bond donors (Lipinski definition) is 0. The summed E-state index contributed by atoms with van der Waals surface area (Å²) in [4.78, 5) is 10.7. The van der Waals surface area contributed by atoms with E-state index in [1.807, 2.05) is 17.5 Å². The zero-order chi connectivity index (χ0) is 31.3. The molecule has 0 aliphatic rings. The molecule has 0 saturated carbocycles. The van der Waals surface area contributed by atoms with E-state index in [4.69, 9.17) is 9.97 Å². The van der Waals surface area contributed by atoms with Crippen molar-refractivity contribution >= 4 is 107 Å². The molecule has 4 heteroatoms. The molecule has 0 amide bonds. The quantitative estimate of drug-likeness (QED) is 0.181. The van der Waals surface area contributed by atoms with E-state index in [2.05, 4.69) is 150 Å². The highest BCUT2D eigenvalue weighted by molar-refractivity contribution is 7.26. The topological polar surface area (TPSA) is 30.7 Å². The zero-order valence-electron chi connectivity index (χ0n) is 25.7. The van der Waals surface area contributed by atoms with Crippen molar-refractivity contribution in [3.8, 4) is 5.82 Å². The second-order valence-electron chi connectivity index (χ2n) is 12.6. The molecule has 5 aromatic heterocycles. The fourth-order valence-corrected chi connectivity index (χ4v) is 8.84. The monoisotopic (exact) mass is 627 g/mol. The molecule has 0 fully saturated rings. The van der Waals surface area contributed by atoms with Crippen LogP contribution in [0.25, 0.3) is 102 Å². The Kier molecular flexibility index (Phi) is 5.26. The van der Waals surface area contributed by atoms with Gasteiger partial charge in [0.05, 0.1) is 22.1 Å². The van der Waals surface area contributed by atoms with Gasteiger partial charge in [0.1, 0.15) is 5.82 Å². The van der Waals surface area contributed by atoms with Crippen LogP contribution in [0, 0.1) is 0 Å². The first-order valence-electron chi connectivity index (χ1n) is 16.2. The van der Waals surface area contributed by atoms with E-state index in [0.29, 0.717) is 0 Å². The van der Waals surface area contributed by atoms with E-state index in [9.17, 15) is 0 Å². The molecule has 0 saturated heterocycles. The van der Waals surface area contributed by atoms with Gasteiger partial charge in [-0.25, -0.2) is 9.97 Å². The highest BCUT2D eigenvalue weighted by atomic mass is 32.1. The molecule has 6 aromatic carbocycles. The van der Waals surface area contributed by atoms with E-state index < -0.39 is 0 Å². The van der Waals surface area contributed by atoms with Gasteiger partial charge in [0.15, 0.2) is 0 Å². The molecule has 0 N–H and O–H groups in total. The average Bonchev–Trinajstić information content (AvgIpc) is 3.69. The van der Waals surface area contributed by atoms with Crippen LogP contribution < -0.4 is 0 Å². The number of rotatable bonds is 1. The minimum absolute atomic E-state index is 0.882. The van der Waals surface area contributed by atoms with Crippen LogP contribution in [0.1, 0.15) is 0 Å². The Balaban J connectivity index is 1.35. The molecule has 11 rings (SSSR count). The highest BCUT2D eigenvalue weighted by Gasteiger charge is 2.15. The van der Waals surface area contributed by atoms with E-state index in [-0.39, 0.29) is 0 Å². The summed E-state index contributed by atoms with van der Waals surface area (Å²) in [5, 5.41) is 14.1. The molecule has 3 nitrogen and oxygen atoms in total. The number of aromatic nitrogens is 3. The molecule has 0 aliphatic carbocycles. The summed E-state index contributed by atoms with van der Waals surface area (Å²) < 4.78 is 4.84. The summed E-state index contributed by atoms with van der Waals surface area (Å²) >= 11 is 1.85. The molecular formula is C44H25N3S. The first kappa shape index (κ1) is 26.0. The van der Waals surface area contributed by atoms with Crippen molar-refractivity contribution in [1.29, 1.82) is 0 Å². The summed E-state index contributed by atoms with van der Waals surface area (Å²) in [6, 6.07) is 52.9. The van der Waals surface area contributed by atoms with Crippen molar-refractivity contribution in [3.05, 3.63) is 152 Å². The fraction of sp³-hybridized carbons (Fsp3) is 0. The lowest BCUT2D eigenvalue weighted by Gasteiger charge is -2.10. The van der Waals surface area contributed by atoms with Gasteiger partial charge in [-0.3, -0.25) is 4.57 Å². The third-order valence-corrected chi connectivity index (χ3v) is 11.1. The molecule has 11 aromatic rings. The standard InChI is InChI=1S/C44H25N3S/c1-3-15-38-32(12-1)33-13-2-4-16-39(33)47(38)42-24-35-31(25-45-42)23-37-34-14-7-17-41-43(34)36-22-29(18-19-40(36)48-41)27-9-5-8-26(20-27)28-10-6-11-30(21-28)44(35)46-37/h1-25H. The lowest BCUT2D eigenvalue weighted by Crippen LogP contribution is -1.97. The molecule has 48 heavy (non-hydrogen) atoms. The van der Waals surface area contributed by atoms with Crippen molar-refractivity contribution in [1.82, 2.24) is 14.5 Å². The molecule has 5 heterocycles. The number of para-hydroxylation sites is 2. The largest absolute Gasteiger partial charge is 0.294 e. The Labute approximate surface area is 278 Å². The number of fused-ring (bicyclic) bond motifs is 16. The van der Waals surface area contributed by atoms with Crippen LogP contribution in [-0.4, -0.2) is 14.5 Å². The van der Waals surface area contributed by atoms with Gasteiger partial charge in [0.2, 0.25) is 0 Å². The minimum atomic E-state index is 0.882. The Morgan fingerprint density at radius 3 is 1.85 bits per heavy atom. The normalized spacial score (nSPS) is 12.2. The maximum absolute atomic E-state index is 5.54. The summed E-state index contributed by atoms with van der Waals surface area (Å²) in [5.41, 5.74) is 4.20. The molecule has 0 radical (unpaired) electrons. The van der Waals surface area contributed by atoms with Gasteiger partial charge >= 0.3 is 0 Å². The van der Waals surface area contributed by atoms with Crippen molar-refractivity contribution in [2.24, 2.45) is 0 Å². The summed E-state index contributed by atoms with van der Waals surface area (Å²) in [6.07, 6.45) is 2.03. The van der Waals surface area contributed by atoms with Crippen LogP contribution >= 0.6 is 11.3 Å². The van der Waals surface area contributed by atoms with Crippen molar-refractivity contribution in [3.63, 3.8) is 0 Å². The van der Waals surface area contributed by atoms with Crippen molar-refractivity contribution < 1.29 is 0 Å². The SMILES string of the molecule is c1cc2cc(c1)c1ccc3sc4cccc(c5cc6cnc(-n7c8ccccc8c8ccccc87)cc6c(n5)c5cccc2c5)c4c3c1. The molecule has 0 atom stereocenters. The number of nitrogens with zero attached hydrogens (tertiary/aromatic N) is 3.